The summed E-state index contributed by atoms with van der Waals surface area (Å²) in [5.74, 6) is 5.90. The third kappa shape index (κ3) is 6.60. The standard InChI is InChI=1S/C27H25BrClFN2O3/c1-27(34)10-11-32(17-26(27)33)12-13-35-25-9-3-18(14-22(25)28)2-8-24-23(30)15-20(16-31-24)19-4-6-21(29)7-5-19/h3-7,9,14-16,26,33-34H,10-13,17H2,1H3/t26-,27+/m1/s1. The summed E-state index contributed by atoms with van der Waals surface area (Å²) in [6.07, 6.45) is 1.34. The molecule has 0 unspecified atom stereocenters. The molecule has 0 amide bonds. The number of aliphatic hydroxyl groups excluding tert-OH is 1. The Morgan fingerprint density at radius 2 is 1.97 bits per heavy atom. The molecule has 5 nitrogen and oxygen atoms in total. The van der Waals surface area contributed by atoms with Crippen molar-refractivity contribution in [2.24, 2.45) is 0 Å². The second-order valence-electron chi connectivity index (χ2n) is 8.73. The summed E-state index contributed by atoms with van der Waals surface area (Å²) in [6.45, 7) is 3.85. The van der Waals surface area contributed by atoms with Crippen LogP contribution >= 0.6 is 27.5 Å². The van der Waals surface area contributed by atoms with Gasteiger partial charge in [0.15, 0.2) is 5.82 Å². The van der Waals surface area contributed by atoms with Crippen LogP contribution in [0.2, 0.25) is 5.02 Å². The number of halogens is 3. The second-order valence-corrected chi connectivity index (χ2v) is 10.0. The van der Waals surface area contributed by atoms with Crippen LogP contribution in [0, 0.1) is 17.7 Å². The number of hydrogen-bond acceptors (Lipinski definition) is 5. The first kappa shape index (κ1) is 25.6. The zero-order chi connectivity index (χ0) is 25.0. The van der Waals surface area contributed by atoms with E-state index in [-0.39, 0.29) is 5.69 Å². The van der Waals surface area contributed by atoms with Crippen LogP contribution in [-0.2, 0) is 0 Å². The first-order chi connectivity index (χ1) is 16.7. The van der Waals surface area contributed by atoms with Crippen molar-refractivity contribution in [1.29, 1.82) is 0 Å². The van der Waals surface area contributed by atoms with Crippen LogP contribution < -0.4 is 4.74 Å². The lowest BCUT2D eigenvalue weighted by atomic mass is 9.91. The predicted octanol–water partition coefficient (Wildman–Crippen LogP) is 4.90. The average molecular weight is 560 g/mol. The van der Waals surface area contributed by atoms with E-state index in [1.165, 1.54) is 6.07 Å². The van der Waals surface area contributed by atoms with Gasteiger partial charge in [0.2, 0.25) is 0 Å². The average Bonchev–Trinajstić information content (AvgIpc) is 2.82. The SMILES string of the molecule is C[C@]1(O)CCN(CCOc2ccc(C#Cc3ncc(-c4ccc(Cl)cc4)cc3F)cc2Br)C[C@H]1O. The van der Waals surface area contributed by atoms with Gasteiger partial charge in [-0.25, -0.2) is 9.37 Å². The minimum absolute atomic E-state index is 0.0712. The third-order valence-corrected chi connectivity index (χ3v) is 6.90. The largest absolute Gasteiger partial charge is 0.491 e. The monoisotopic (exact) mass is 558 g/mol. The van der Waals surface area contributed by atoms with Gasteiger partial charge >= 0.3 is 0 Å². The van der Waals surface area contributed by atoms with Gasteiger partial charge in [-0.3, -0.25) is 4.90 Å². The summed E-state index contributed by atoms with van der Waals surface area (Å²) in [5, 5.41) is 20.7. The highest BCUT2D eigenvalue weighted by Crippen LogP contribution is 2.27. The molecule has 4 rings (SSSR count). The number of benzene rings is 2. The summed E-state index contributed by atoms with van der Waals surface area (Å²) in [5.41, 5.74) is 1.20. The Balaban J connectivity index is 1.35. The quantitative estimate of drug-likeness (QED) is 0.436. The van der Waals surface area contributed by atoms with E-state index >= 15 is 0 Å². The maximum Gasteiger partial charge on any atom is 0.158 e. The molecule has 2 aromatic carbocycles. The Hall–Kier alpha value is -2.47. The number of nitrogens with zero attached hydrogens (tertiary/aromatic N) is 2. The van der Waals surface area contributed by atoms with Crippen molar-refractivity contribution < 1.29 is 19.3 Å². The molecule has 1 saturated heterocycles. The van der Waals surface area contributed by atoms with Crippen molar-refractivity contribution in [2.45, 2.75) is 25.0 Å². The Labute approximate surface area is 217 Å². The molecule has 2 atom stereocenters. The molecule has 2 heterocycles. The van der Waals surface area contributed by atoms with Crippen LogP contribution in [0.25, 0.3) is 11.1 Å². The minimum atomic E-state index is -1.03. The highest BCUT2D eigenvalue weighted by molar-refractivity contribution is 9.10. The smallest absolute Gasteiger partial charge is 0.158 e. The molecular weight excluding hydrogens is 535 g/mol. The number of pyridine rings is 1. The first-order valence-electron chi connectivity index (χ1n) is 11.2. The number of aromatic nitrogens is 1. The van der Waals surface area contributed by atoms with Crippen LogP contribution in [0.5, 0.6) is 5.75 Å². The van der Waals surface area contributed by atoms with Gasteiger partial charge in [-0.2, -0.15) is 0 Å². The number of β-amino-alcohol motifs (C(OH)–C–C–N with tert-alkyl or cyclic N) is 1. The normalized spacial score (nSPS) is 20.2. The topological polar surface area (TPSA) is 65.8 Å². The van der Waals surface area contributed by atoms with E-state index in [9.17, 15) is 14.6 Å². The molecule has 0 spiro atoms. The number of ether oxygens (including phenoxy) is 1. The maximum absolute atomic E-state index is 14.6. The molecule has 182 valence electrons. The highest BCUT2D eigenvalue weighted by atomic mass is 79.9. The summed E-state index contributed by atoms with van der Waals surface area (Å²) in [6, 6.07) is 13.9. The molecule has 1 fully saturated rings. The molecule has 1 aliphatic heterocycles. The molecule has 35 heavy (non-hydrogen) atoms. The van der Waals surface area contributed by atoms with E-state index in [4.69, 9.17) is 16.3 Å². The highest BCUT2D eigenvalue weighted by Gasteiger charge is 2.36. The van der Waals surface area contributed by atoms with E-state index < -0.39 is 17.5 Å². The number of piperidine rings is 1. The zero-order valence-corrected chi connectivity index (χ0v) is 21.5. The molecule has 1 aromatic heterocycles. The van der Waals surface area contributed by atoms with Gasteiger partial charge in [0.1, 0.15) is 18.1 Å². The van der Waals surface area contributed by atoms with Gasteiger partial charge in [-0.15, -0.1) is 0 Å². The first-order valence-corrected chi connectivity index (χ1v) is 12.4. The van der Waals surface area contributed by atoms with Gasteiger partial charge in [0.05, 0.1) is 16.2 Å². The number of hydrogen-bond donors (Lipinski definition) is 2. The van der Waals surface area contributed by atoms with E-state index in [1.807, 2.05) is 18.2 Å². The van der Waals surface area contributed by atoms with E-state index in [1.54, 1.807) is 37.4 Å². The van der Waals surface area contributed by atoms with Crippen molar-refractivity contribution in [2.75, 3.05) is 26.2 Å². The predicted molar refractivity (Wildman–Crippen MR) is 138 cm³/mol. The van der Waals surface area contributed by atoms with Gasteiger partial charge in [0.25, 0.3) is 0 Å². The molecule has 1 aliphatic rings. The van der Waals surface area contributed by atoms with Gasteiger partial charge in [-0.1, -0.05) is 29.7 Å². The minimum Gasteiger partial charge on any atom is -0.491 e. The lowest BCUT2D eigenvalue weighted by Crippen LogP contribution is -2.54. The Morgan fingerprint density at radius 3 is 2.66 bits per heavy atom. The summed E-state index contributed by atoms with van der Waals surface area (Å²) in [4.78, 5) is 6.24. The Morgan fingerprint density at radius 1 is 1.20 bits per heavy atom. The molecule has 0 aliphatic carbocycles. The van der Waals surface area contributed by atoms with E-state index in [2.05, 4.69) is 37.7 Å². The van der Waals surface area contributed by atoms with Crippen LogP contribution in [0.15, 0.2) is 59.2 Å². The molecule has 0 bridgehead atoms. The van der Waals surface area contributed by atoms with Gasteiger partial charge in [-0.05, 0) is 77.2 Å². The Bertz CT molecular complexity index is 1260. The van der Waals surface area contributed by atoms with Crippen molar-refractivity contribution in [3.8, 4) is 28.7 Å². The van der Waals surface area contributed by atoms with Crippen LogP contribution in [0.4, 0.5) is 4.39 Å². The molecule has 0 saturated carbocycles. The van der Waals surface area contributed by atoms with Crippen LogP contribution in [-0.4, -0.2) is 58.0 Å². The fraction of sp³-hybridized carbons (Fsp3) is 0.296. The molecule has 8 heteroatoms. The number of aliphatic hydroxyl groups is 2. The fourth-order valence-electron chi connectivity index (χ4n) is 3.73. The lowest BCUT2D eigenvalue weighted by molar-refractivity contribution is -0.108. The molecular formula is C27H25BrClFN2O3. The third-order valence-electron chi connectivity index (χ3n) is 6.02. The van der Waals surface area contributed by atoms with E-state index in [0.29, 0.717) is 54.6 Å². The van der Waals surface area contributed by atoms with Crippen molar-refractivity contribution >= 4 is 27.5 Å². The van der Waals surface area contributed by atoms with Crippen molar-refractivity contribution in [3.05, 3.63) is 81.3 Å². The summed E-state index contributed by atoms with van der Waals surface area (Å²) >= 11 is 9.41. The van der Waals surface area contributed by atoms with Crippen LogP contribution in [0.3, 0.4) is 0 Å². The second kappa shape index (κ2) is 11.1. The number of rotatable bonds is 5. The number of likely N-dealkylation sites (tertiary alicyclic amines) is 1. The van der Waals surface area contributed by atoms with Crippen LogP contribution in [0.1, 0.15) is 24.6 Å². The Kier molecular flexibility index (Phi) is 8.10. The lowest BCUT2D eigenvalue weighted by Gasteiger charge is -2.39. The fourth-order valence-corrected chi connectivity index (χ4v) is 4.35. The molecule has 0 radical (unpaired) electrons. The molecule has 2 N–H and O–H groups in total. The van der Waals surface area contributed by atoms with Gasteiger partial charge in [0, 0.05) is 42.0 Å². The van der Waals surface area contributed by atoms with Crippen molar-refractivity contribution in [1.82, 2.24) is 9.88 Å². The summed E-state index contributed by atoms with van der Waals surface area (Å²) in [7, 11) is 0. The zero-order valence-electron chi connectivity index (χ0n) is 19.1. The molecule has 3 aromatic rings. The summed E-state index contributed by atoms with van der Waals surface area (Å²) < 4.78 is 21.2. The maximum atomic E-state index is 14.6. The van der Waals surface area contributed by atoms with Gasteiger partial charge < -0.3 is 14.9 Å². The van der Waals surface area contributed by atoms with Crippen molar-refractivity contribution in [3.63, 3.8) is 0 Å². The van der Waals surface area contributed by atoms with E-state index in [0.717, 1.165) is 10.0 Å².